The summed E-state index contributed by atoms with van der Waals surface area (Å²) < 4.78 is 10.6. The second-order valence-electron chi connectivity index (χ2n) is 5.61. The summed E-state index contributed by atoms with van der Waals surface area (Å²) in [4.78, 5) is 23.0. The van der Waals surface area contributed by atoms with Gasteiger partial charge in [0.2, 0.25) is 5.91 Å². The minimum absolute atomic E-state index is 0.161. The van der Waals surface area contributed by atoms with Crippen molar-refractivity contribution in [3.05, 3.63) is 29.8 Å². The van der Waals surface area contributed by atoms with Crippen LogP contribution in [-0.4, -0.2) is 36.7 Å². The van der Waals surface area contributed by atoms with Gasteiger partial charge < -0.3 is 19.9 Å². The van der Waals surface area contributed by atoms with Gasteiger partial charge in [0.05, 0.1) is 19.1 Å². The molecule has 1 saturated carbocycles. The van der Waals surface area contributed by atoms with E-state index in [9.17, 15) is 9.59 Å². The Morgan fingerprint density at radius 1 is 1.41 bits per heavy atom. The largest absolute Gasteiger partial charge is 0.497 e. The van der Waals surface area contributed by atoms with E-state index in [0.717, 1.165) is 11.3 Å². The lowest BCUT2D eigenvalue weighted by atomic mass is 10.1. The molecule has 1 aliphatic rings. The van der Waals surface area contributed by atoms with Gasteiger partial charge in [-0.1, -0.05) is 12.1 Å². The second kappa shape index (κ2) is 6.79. The maximum absolute atomic E-state index is 11.9. The van der Waals surface area contributed by atoms with Gasteiger partial charge in [-0.05, 0) is 37.5 Å². The van der Waals surface area contributed by atoms with Crippen LogP contribution in [0.2, 0.25) is 0 Å². The first-order valence-electron chi connectivity index (χ1n) is 7.22. The first-order chi connectivity index (χ1) is 10.5. The number of carbonyl (C=O) groups excluding carboxylic acids is 1. The van der Waals surface area contributed by atoms with E-state index in [-0.39, 0.29) is 19.1 Å². The molecule has 2 rings (SSSR count). The summed E-state index contributed by atoms with van der Waals surface area (Å²) in [6.45, 7) is 2.10. The number of aliphatic carboxylic acids is 1. The van der Waals surface area contributed by atoms with Crippen molar-refractivity contribution in [3.63, 3.8) is 0 Å². The van der Waals surface area contributed by atoms with Gasteiger partial charge in [-0.2, -0.15) is 0 Å². The third kappa shape index (κ3) is 3.98. The molecule has 1 unspecified atom stereocenters. The average molecular weight is 307 g/mol. The summed E-state index contributed by atoms with van der Waals surface area (Å²) >= 11 is 0. The number of hydrogen-bond acceptors (Lipinski definition) is 4. The van der Waals surface area contributed by atoms with E-state index in [1.807, 2.05) is 24.3 Å². The van der Waals surface area contributed by atoms with Crippen molar-refractivity contribution < 1.29 is 24.2 Å². The number of nitrogens with one attached hydrogen (secondary N) is 1. The molecule has 0 radical (unpaired) electrons. The van der Waals surface area contributed by atoms with E-state index in [0.29, 0.717) is 12.8 Å². The number of benzene rings is 1. The molecule has 22 heavy (non-hydrogen) atoms. The fraction of sp³-hybridized carbons (Fsp3) is 0.500. The summed E-state index contributed by atoms with van der Waals surface area (Å²) in [7, 11) is 1.59. The van der Waals surface area contributed by atoms with Gasteiger partial charge in [0.1, 0.15) is 11.9 Å². The van der Waals surface area contributed by atoms with E-state index >= 15 is 0 Å². The summed E-state index contributed by atoms with van der Waals surface area (Å²) in [5.41, 5.74) is 0.144. The Morgan fingerprint density at radius 2 is 2.14 bits per heavy atom. The molecule has 1 atom stereocenters. The number of amides is 1. The zero-order chi connectivity index (χ0) is 16.2. The van der Waals surface area contributed by atoms with Crippen LogP contribution in [0.3, 0.4) is 0 Å². The molecule has 1 aliphatic carbocycles. The van der Waals surface area contributed by atoms with Gasteiger partial charge in [-0.15, -0.1) is 0 Å². The third-order valence-electron chi connectivity index (χ3n) is 3.91. The lowest BCUT2D eigenvalue weighted by Gasteiger charge is -2.16. The van der Waals surface area contributed by atoms with Crippen LogP contribution in [0.25, 0.3) is 0 Å². The van der Waals surface area contributed by atoms with Gasteiger partial charge in [0.15, 0.2) is 0 Å². The topological polar surface area (TPSA) is 84.9 Å². The predicted molar refractivity (Wildman–Crippen MR) is 79.6 cm³/mol. The average Bonchev–Trinajstić information content (AvgIpc) is 3.31. The molecule has 0 spiro atoms. The van der Waals surface area contributed by atoms with Crippen molar-refractivity contribution in [2.24, 2.45) is 5.41 Å². The summed E-state index contributed by atoms with van der Waals surface area (Å²) in [5, 5.41) is 11.7. The highest BCUT2D eigenvalue weighted by atomic mass is 16.5. The minimum Gasteiger partial charge on any atom is -0.497 e. The monoisotopic (exact) mass is 307 g/mol. The summed E-state index contributed by atoms with van der Waals surface area (Å²) in [6, 6.07) is 7.41. The van der Waals surface area contributed by atoms with Crippen LogP contribution in [-0.2, 0) is 20.9 Å². The molecule has 1 aromatic rings. The number of carbonyl (C=O) groups is 2. The van der Waals surface area contributed by atoms with Crippen molar-refractivity contribution in [2.45, 2.75) is 32.5 Å². The highest BCUT2D eigenvalue weighted by Gasteiger charge is 2.50. The quantitative estimate of drug-likeness (QED) is 0.761. The highest BCUT2D eigenvalue weighted by molar-refractivity contribution is 5.83. The van der Waals surface area contributed by atoms with Gasteiger partial charge in [-0.25, -0.2) is 0 Å². The molecule has 0 saturated heterocycles. The molecular formula is C16H21NO5. The van der Waals surface area contributed by atoms with Gasteiger partial charge in [0, 0.05) is 6.54 Å². The van der Waals surface area contributed by atoms with Crippen LogP contribution in [0.1, 0.15) is 25.3 Å². The van der Waals surface area contributed by atoms with E-state index < -0.39 is 17.5 Å². The molecule has 0 bridgehead atoms. The first kappa shape index (κ1) is 16.3. The number of hydrogen-bond donors (Lipinski definition) is 2. The maximum Gasteiger partial charge on any atom is 0.311 e. The van der Waals surface area contributed by atoms with Crippen LogP contribution in [0.5, 0.6) is 5.75 Å². The Labute approximate surface area is 129 Å². The van der Waals surface area contributed by atoms with Gasteiger partial charge >= 0.3 is 5.97 Å². The SMILES string of the molecule is COc1cccc(COC(C)C(=O)NCC2(C(=O)O)CC2)c1. The maximum atomic E-state index is 11.9. The van der Waals surface area contributed by atoms with E-state index in [1.54, 1.807) is 14.0 Å². The minimum atomic E-state index is -0.849. The van der Waals surface area contributed by atoms with Gasteiger partial charge in [0.25, 0.3) is 0 Å². The molecule has 1 aromatic carbocycles. The smallest absolute Gasteiger partial charge is 0.311 e. The van der Waals surface area contributed by atoms with Crippen LogP contribution in [0.15, 0.2) is 24.3 Å². The molecule has 1 fully saturated rings. The Bertz CT molecular complexity index is 553. The van der Waals surface area contributed by atoms with Crippen molar-refractivity contribution in [2.75, 3.05) is 13.7 Å². The predicted octanol–water partition coefficient (Wildman–Crippen LogP) is 1.58. The number of ether oxygens (including phenoxy) is 2. The Hall–Kier alpha value is -2.08. The van der Waals surface area contributed by atoms with Crippen molar-refractivity contribution in [3.8, 4) is 5.75 Å². The number of methoxy groups -OCH3 is 1. The number of carboxylic acids is 1. The number of carboxylic acid groups (broad SMARTS) is 1. The fourth-order valence-corrected chi connectivity index (χ4v) is 2.08. The zero-order valence-corrected chi connectivity index (χ0v) is 12.8. The highest BCUT2D eigenvalue weighted by Crippen LogP contribution is 2.45. The van der Waals surface area contributed by atoms with Gasteiger partial charge in [-0.3, -0.25) is 9.59 Å². The first-order valence-corrected chi connectivity index (χ1v) is 7.22. The summed E-state index contributed by atoms with van der Waals surface area (Å²) in [6.07, 6.45) is 0.583. The van der Waals surface area contributed by atoms with E-state index in [1.165, 1.54) is 0 Å². The molecule has 0 aromatic heterocycles. The molecule has 2 N–H and O–H groups in total. The van der Waals surface area contributed by atoms with Crippen molar-refractivity contribution >= 4 is 11.9 Å². The molecular weight excluding hydrogens is 286 g/mol. The third-order valence-corrected chi connectivity index (χ3v) is 3.91. The van der Waals surface area contributed by atoms with Crippen LogP contribution in [0, 0.1) is 5.41 Å². The lowest BCUT2D eigenvalue weighted by Crippen LogP contribution is -2.40. The molecule has 1 amide bonds. The molecule has 0 heterocycles. The zero-order valence-electron chi connectivity index (χ0n) is 12.8. The standard InChI is InChI=1S/C16H21NO5/c1-11(14(18)17-10-16(6-7-16)15(19)20)22-9-12-4-3-5-13(8-12)21-2/h3-5,8,11H,6-7,9-10H2,1-2H3,(H,17,18)(H,19,20). The van der Waals surface area contributed by atoms with Crippen LogP contribution in [0.4, 0.5) is 0 Å². The number of rotatable bonds is 8. The summed E-state index contributed by atoms with van der Waals surface area (Å²) in [5.74, 6) is -0.413. The normalized spacial score (nSPS) is 16.6. The molecule has 0 aliphatic heterocycles. The fourth-order valence-electron chi connectivity index (χ4n) is 2.08. The molecule has 6 heteroatoms. The Balaban J connectivity index is 1.77. The van der Waals surface area contributed by atoms with E-state index in [4.69, 9.17) is 14.6 Å². The van der Waals surface area contributed by atoms with Crippen molar-refractivity contribution in [1.29, 1.82) is 0 Å². The van der Waals surface area contributed by atoms with E-state index in [2.05, 4.69) is 5.32 Å². The van der Waals surface area contributed by atoms with Crippen LogP contribution < -0.4 is 10.1 Å². The molecule has 6 nitrogen and oxygen atoms in total. The lowest BCUT2D eigenvalue weighted by molar-refractivity contribution is -0.143. The second-order valence-corrected chi connectivity index (χ2v) is 5.61. The van der Waals surface area contributed by atoms with Crippen molar-refractivity contribution in [1.82, 2.24) is 5.32 Å². The Morgan fingerprint density at radius 3 is 2.73 bits per heavy atom. The Kier molecular flexibility index (Phi) is 5.03. The van der Waals surface area contributed by atoms with Crippen LogP contribution >= 0.6 is 0 Å². The molecule has 120 valence electrons.